The summed E-state index contributed by atoms with van der Waals surface area (Å²) in [6, 6.07) is 2.20. The monoisotopic (exact) mass is 206 g/mol. The topological polar surface area (TPSA) is 76.8 Å². The Morgan fingerprint density at radius 3 is 3.13 bits per heavy atom. The smallest absolute Gasteiger partial charge is 0.319 e. The summed E-state index contributed by atoms with van der Waals surface area (Å²) in [5.41, 5.74) is 7.29. The van der Waals surface area contributed by atoms with Gasteiger partial charge in [-0.1, -0.05) is 13.3 Å². The molecule has 2 rings (SSSR count). The molecule has 5 heteroatoms. The van der Waals surface area contributed by atoms with Crippen LogP contribution in [0.4, 0.5) is 5.82 Å². The fraction of sp³-hybridized carbons (Fsp3) is 0.400. The molecule has 0 bridgehead atoms. The van der Waals surface area contributed by atoms with E-state index < -0.39 is 0 Å². The summed E-state index contributed by atoms with van der Waals surface area (Å²) in [7, 11) is 0. The quantitative estimate of drug-likeness (QED) is 0.747. The van der Waals surface area contributed by atoms with Crippen LogP contribution in [0.3, 0.4) is 0 Å². The molecule has 0 saturated heterocycles. The number of nitrogens with one attached hydrogen (secondary N) is 1. The Morgan fingerprint density at radius 2 is 2.33 bits per heavy atom. The standard InChI is InChI=1S/C10H14N4O/c1-2-3-6-15-10-13-7-4-5-12-8(7)9(11)14-10/h4-5,12H,2-3,6H2,1H3,(H2,11,13,14). The Morgan fingerprint density at radius 1 is 1.47 bits per heavy atom. The van der Waals surface area contributed by atoms with Crippen LogP contribution in [0.1, 0.15) is 19.8 Å². The molecule has 80 valence electrons. The van der Waals surface area contributed by atoms with E-state index >= 15 is 0 Å². The van der Waals surface area contributed by atoms with Gasteiger partial charge in [0, 0.05) is 6.20 Å². The van der Waals surface area contributed by atoms with Crippen LogP contribution in [0.15, 0.2) is 12.3 Å². The van der Waals surface area contributed by atoms with Crippen molar-refractivity contribution >= 4 is 16.9 Å². The number of unbranched alkanes of at least 4 members (excludes halogenated alkanes) is 1. The van der Waals surface area contributed by atoms with Crippen LogP contribution in [0.25, 0.3) is 11.0 Å². The molecule has 2 aromatic rings. The van der Waals surface area contributed by atoms with Crippen molar-refractivity contribution in [2.75, 3.05) is 12.3 Å². The Labute approximate surface area is 87.7 Å². The van der Waals surface area contributed by atoms with Crippen molar-refractivity contribution in [3.8, 4) is 6.01 Å². The first kappa shape index (κ1) is 9.76. The molecule has 2 heterocycles. The molecule has 0 spiro atoms. The predicted octanol–water partition coefficient (Wildman–Crippen LogP) is 1.72. The molecule has 0 amide bonds. The van der Waals surface area contributed by atoms with Crippen LogP contribution in [-0.2, 0) is 0 Å². The summed E-state index contributed by atoms with van der Waals surface area (Å²) in [6.45, 7) is 2.74. The number of nitrogens with two attached hydrogens (primary N) is 1. The van der Waals surface area contributed by atoms with Gasteiger partial charge in [0.15, 0.2) is 5.82 Å². The number of nitrogens with zero attached hydrogens (tertiary/aromatic N) is 2. The molecule has 3 N–H and O–H groups in total. The van der Waals surface area contributed by atoms with Gasteiger partial charge in [0.2, 0.25) is 0 Å². The van der Waals surface area contributed by atoms with Gasteiger partial charge in [0.05, 0.1) is 12.1 Å². The van der Waals surface area contributed by atoms with E-state index in [1.54, 1.807) is 6.20 Å². The average Bonchev–Trinajstić information content (AvgIpc) is 2.66. The maximum absolute atomic E-state index is 5.74. The van der Waals surface area contributed by atoms with Gasteiger partial charge >= 0.3 is 6.01 Å². The number of anilines is 1. The molecule has 0 unspecified atom stereocenters. The predicted molar refractivity (Wildman–Crippen MR) is 58.7 cm³/mol. The second kappa shape index (κ2) is 4.16. The van der Waals surface area contributed by atoms with Crippen molar-refractivity contribution in [1.29, 1.82) is 0 Å². The van der Waals surface area contributed by atoms with E-state index in [2.05, 4.69) is 21.9 Å². The number of hydrogen-bond acceptors (Lipinski definition) is 4. The second-order valence-corrected chi connectivity index (χ2v) is 3.33. The Balaban J connectivity index is 2.21. The van der Waals surface area contributed by atoms with Gasteiger partial charge in [-0.3, -0.25) is 0 Å². The lowest BCUT2D eigenvalue weighted by molar-refractivity contribution is 0.287. The Bertz CT molecular complexity index is 452. The molecule has 5 nitrogen and oxygen atoms in total. The zero-order valence-electron chi connectivity index (χ0n) is 8.66. The summed E-state index contributed by atoms with van der Waals surface area (Å²) >= 11 is 0. The van der Waals surface area contributed by atoms with Crippen LogP contribution in [0, 0.1) is 0 Å². The van der Waals surface area contributed by atoms with E-state index in [-0.39, 0.29) is 0 Å². The third kappa shape index (κ3) is 2.01. The molecule has 0 aliphatic rings. The fourth-order valence-electron chi connectivity index (χ4n) is 1.32. The average molecular weight is 206 g/mol. The maximum Gasteiger partial charge on any atom is 0.319 e. The number of aromatic amines is 1. The van der Waals surface area contributed by atoms with Gasteiger partial charge in [-0.25, -0.2) is 0 Å². The molecule has 0 aliphatic carbocycles. The van der Waals surface area contributed by atoms with E-state index in [4.69, 9.17) is 10.5 Å². The lowest BCUT2D eigenvalue weighted by atomic mass is 10.4. The highest BCUT2D eigenvalue weighted by molar-refractivity contribution is 5.84. The number of H-pyrrole nitrogens is 1. The van der Waals surface area contributed by atoms with Gasteiger partial charge in [0.25, 0.3) is 0 Å². The number of fused-ring (bicyclic) bond motifs is 1. The molecule has 15 heavy (non-hydrogen) atoms. The molecule has 0 atom stereocenters. The highest BCUT2D eigenvalue weighted by Gasteiger charge is 2.06. The Hall–Kier alpha value is -1.78. The first-order valence-electron chi connectivity index (χ1n) is 5.04. The third-order valence-corrected chi connectivity index (χ3v) is 2.14. The minimum absolute atomic E-state index is 0.355. The summed E-state index contributed by atoms with van der Waals surface area (Å²) in [4.78, 5) is 11.3. The number of ether oxygens (including phenoxy) is 1. The van der Waals surface area contributed by atoms with Crippen molar-refractivity contribution in [3.05, 3.63) is 12.3 Å². The SMILES string of the molecule is CCCCOc1nc(N)c2[nH]ccc2n1. The third-order valence-electron chi connectivity index (χ3n) is 2.14. The fourth-order valence-corrected chi connectivity index (χ4v) is 1.32. The van der Waals surface area contributed by atoms with E-state index in [0.29, 0.717) is 18.4 Å². The van der Waals surface area contributed by atoms with Gasteiger partial charge < -0.3 is 15.5 Å². The normalized spacial score (nSPS) is 10.7. The minimum atomic E-state index is 0.355. The van der Waals surface area contributed by atoms with Gasteiger partial charge in [0.1, 0.15) is 5.52 Å². The van der Waals surface area contributed by atoms with Crippen molar-refractivity contribution < 1.29 is 4.74 Å². The zero-order valence-corrected chi connectivity index (χ0v) is 8.66. The minimum Gasteiger partial charge on any atom is -0.463 e. The maximum atomic E-state index is 5.74. The molecular weight excluding hydrogens is 192 g/mol. The first-order chi connectivity index (χ1) is 7.31. The van der Waals surface area contributed by atoms with Crippen LogP contribution in [0.2, 0.25) is 0 Å². The lowest BCUT2D eigenvalue weighted by Gasteiger charge is -2.04. The van der Waals surface area contributed by atoms with Crippen LogP contribution in [-0.4, -0.2) is 21.6 Å². The van der Waals surface area contributed by atoms with Gasteiger partial charge in [-0.05, 0) is 12.5 Å². The molecule has 2 aromatic heterocycles. The summed E-state index contributed by atoms with van der Waals surface area (Å²) in [5.74, 6) is 0.427. The van der Waals surface area contributed by atoms with Crippen LogP contribution in [0.5, 0.6) is 6.01 Å². The van der Waals surface area contributed by atoms with Gasteiger partial charge in [-0.15, -0.1) is 0 Å². The highest BCUT2D eigenvalue weighted by Crippen LogP contribution is 2.18. The van der Waals surface area contributed by atoms with E-state index in [1.165, 1.54) is 0 Å². The van der Waals surface area contributed by atoms with E-state index in [9.17, 15) is 0 Å². The largest absolute Gasteiger partial charge is 0.463 e. The number of hydrogen-bond donors (Lipinski definition) is 2. The van der Waals surface area contributed by atoms with Crippen molar-refractivity contribution in [2.24, 2.45) is 0 Å². The second-order valence-electron chi connectivity index (χ2n) is 3.33. The van der Waals surface area contributed by atoms with Crippen molar-refractivity contribution in [3.63, 3.8) is 0 Å². The molecule has 0 radical (unpaired) electrons. The molecular formula is C10H14N4O. The number of aromatic nitrogens is 3. The summed E-state index contributed by atoms with van der Waals surface area (Å²) in [6.07, 6.45) is 3.86. The molecule has 0 aliphatic heterocycles. The first-order valence-corrected chi connectivity index (χ1v) is 5.04. The lowest BCUT2D eigenvalue weighted by Crippen LogP contribution is -2.03. The number of rotatable bonds is 4. The van der Waals surface area contributed by atoms with E-state index in [1.807, 2.05) is 6.07 Å². The number of nitrogen functional groups attached to an aromatic ring is 1. The van der Waals surface area contributed by atoms with Crippen LogP contribution < -0.4 is 10.5 Å². The van der Waals surface area contributed by atoms with Crippen LogP contribution >= 0.6 is 0 Å². The highest BCUT2D eigenvalue weighted by atomic mass is 16.5. The summed E-state index contributed by atoms with van der Waals surface area (Å²) < 4.78 is 5.39. The zero-order chi connectivity index (χ0) is 10.7. The van der Waals surface area contributed by atoms with Crippen molar-refractivity contribution in [1.82, 2.24) is 15.0 Å². The molecule has 0 fully saturated rings. The Kier molecular flexibility index (Phi) is 2.71. The molecule has 0 aromatic carbocycles. The summed E-state index contributed by atoms with van der Waals surface area (Å²) in [5, 5.41) is 0. The van der Waals surface area contributed by atoms with E-state index in [0.717, 1.165) is 23.9 Å². The van der Waals surface area contributed by atoms with Gasteiger partial charge in [-0.2, -0.15) is 9.97 Å². The van der Waals surface area contributed by atoms with Crippen molar-refractivity contribution in [2.45, 2.75) is 19.8 Å². The molecule has 0 saturated carbocycles.